The first-order valence-corrected chi connectivity index (χ1v) is 6.09. The summed E-state index contributed by atoms with van der Waals surface area (Å²) in [4.78, 5) is 21.0. The van der Waals surface area contributed by atoms with E-state index in [-0.39, 0.29) is 11.9 Å². The lowest BCUT2D eigenvalue weighted by atomic mass is 9.96. The van der Waals surface area contributed by atoms with Crippen molar-refractivity contribution < 1.29 is 14.6 Å². The number of hydrogen-bond acceptors (Lipinski definition) is 3. The van der Waals surface area contributed by atoms with Gasteiger partial charge in [0.25, 0.3) is 0 Å². The lowest BCUT2D eigenvalue weighted by Gasteiger charge is -2.13. The average Bonchev–Trinajstić information content (AvgIpc) is 2.26. The topological polar surface area (TPSA) is 35.5 Å². The molecule has 0 rings (SSSR count). The van der Waals surface area contributed by atoms with Gasteiger partial charge in [-0.2, -0.15) is 4.89 Å². The van der Waals surface area contributed by atoms with Gasteiger partial charge in [-0.15, -0.1) is 0 Å². The number of rotatable bonds is 9. The molecule has 0 aliphatic heterocycles. The van der Waals surface area contributed by atoms with Crippen LogP contribution in [0.5, 0.6) is 0 Å². The highest BCUT2D eigenvalue weighted by molar-refractivity contribution is 5.71. The van der Waals surface area contributed by atoms with E-state index in [2.05, 4.69) is 18.7 Å². The fraction of sp³-hybridized carbons (Fsp3) is 0.917. The lowest BCUT2D eigenvalue weighted by molar-refractivity contribution is -0.273. The molecule has 3 nitrogen and oxygen atoms in total. The molecule has 0 aromatic rings. The van der Waals surface area contributed by atoms with Crippen LogP contribution in [0.3, 0.4) is 0 Å². The van der Waals surface area contributed by atoms with Crippen LogP contribution in [0.2, 0.25) is 0 Å². The van der Waals surface area contributed by atoms with E-state index in [0.717, 1.165) is 38.5 Å². The van der Waals surface area contributed by atoms with E-state index in [0.29, 0.717) is 6.61 Å². The fourth-order valence-corrected chi connectivity index (χ4v) is 1.47. The third-order valence-corrected chi connectivity index (χ3v) is 2.40. The Kier molecular flexibility index (Phi) is 9.59. The predicted octanol–water partition coefficient (Wildman–Crippen LogP) is 3.48. The Bertz CT molecular complexity index is 149. The van der Waals surface area contributed by atoms with E-state index < -0.39 is 0 Å². The molecule has 0 aliphatic rings. The van der Waals surface area contributed by atoms with Crippen molar-refractivity contribution in [1.29, 1.82) is 0 Å². The van der Waals surface area contributed by atoms with Crippen LogP contribution in [-0.4, -0.2) is 12.6 Å². The van der Waals surface area contributed by atoms with Gasteiger partial charge in [0.15, 0.2) is 0 Å². The van der Waals surface area contributed by atoms with Gasteiger partial charge in [-0.05, 0) is 19.8 Å². The Hall–Kier alpha value is -0.570. The lowest BCUT2D eigenvalue weighted by Crippen LogP contribution is -2.18. The third kappa shape index (κ3) is 7.37. The Morgan fingerprint density at radius 3 is 2.00 bits per heavy atom. The van der Waals surface area contributed by atoms with Crippen molar-refractivity contribution in [2.45, 2.75) is 59.3 Å². The molecule has 0 saturated carbocycles. The molecule has 90 valence electrons. The minimum Gasteiger partial charge on any atom is -0.298 e. The van der Waals surface area contributed by atoms with E-state index >= 15 is 0 Å². The molecule has 3 heteroatoms. The van der Waals surface area contributed by atoms with Gasteiger partial charge in [0.1, 0.15) is 0 Å². The summed E-state index contributed by atoms with van der Waals surface area (Å²) in [7, 11) is 0. The molecule has 0 aromatic carbocycles. The first kappa shape index (κ1) is 14.4. The maximum Gasteiger partial charge on any atom is 0.345 e. The summed E-state index contributed by atoms with van der Waals surface area (Å²) >= 11 is 0. The summed E-state index contributed by atoms with van der Waals surface area (Å²) < 4.78 is 0. The normalized spacial score (nSPS) is 10.7. The van der Waals surface area contributed by atoms with Gasteiger partial charge in [0, 0.05) is 0 Å². The molecule has 0 unspecified atom stereocenters. The highest BCUT2D eigenvalue weighted by atomic mass is 17.2. The summed E-state index contributed by atoms with van der Waals surface area (Å²) in [6, 6.07) is 0. The van der Waals surface area contributed by atoms with Crippen molar-refractivity contribution in [2.75, 3.05) is 6.61 Å². The molecule has 0 bridgehead atoms. The fourth-order valence-electron chi connectivity index (χ4n) is 1.47. The Labute approximate surface area is 93.1 Å². The van der Waals surface area contributed by atoms with E-state index in [1.165, 1.54) is 0 Å². The molecular formula is C12H24O3. The molecule has 15 heavy (non-hydrogen) atoms. The molecule has 0 amide bonds. The first-order chi connectivity index (χ1) is 7.26. The first-order valence-electron chi connectivity index (χ1n) is 6.09. The maximum absolute atomic E-state index is 11.6. The molecule has 0 N–H and O–H groups in total. The minimum absolute atomic E-state index is 0.0245. The minimum atomic E-state index is -0.196. The Morgan fingerprint density at radius 1 is 1.07 bits per heavy atom. The molecule has 0 fully saturated rings. The highest BCUT2D eigenvalue weighted by Crippen LogP contribution is 2.17. The SMILES string of the molecule is CCCCC(CCCC)C(=O)OOCC. The Balaban J connectivity index is 3.90. The van der Waals surface area contributed by atoms with Crippen LogP contribution in [-0.2, 0) is 14.6 Å². The monoisotopic (exact) mass is 216 g/mol. The van der Waals surface area contributed by atoms with Crippen LogP contribution in [0, 0.1) is 5.92 Å². The second-order valence-corrected chi connectivity index (χ2v) is 3.79. The summed E-state index contributed by atoms with van der Waals surface area (Å²) in [5.74, 6) is -0.171. The molecule has 0 radical (unpaired) electrons. The van der Waals surface area contributed by atoms with E-state index in [1.807, 2.05) is 0 Å². The number of hydrogen-bond donors (Lipinski definition) is 0. The largest absolute Gasteiger partial charge is 0.345 e. The zero-order valence-electron chi connectivity index (χ0n) is 10.3. The van der Waals surface area contributed by atoms with Gasteiger partial charge in [0.2, 0.25) is 0 Å². The summed E-state index contributed by atoms with van der Waals surface area (Å²) in [5, 5.41) is 0. The van der Waals surface area contributed by atoms with Crippen LogP contribution < -0.4 is 0 Å². The zero-order valence-corrected chi connectivity index (χ0v) is 10.3. The van der Waals surface area contributed by atoms with E-state index in [1.54, 1.807) is 6.92 Å². The van der Waals surface area contributed by atoms with Crippen molar-refractivity contribution in [3.05, 3.63) is 0 Å². The zero-order chi connectivity index (χ0) is 11.5. The van der Waals surface area contributed by atoms with Crippen LogP contribution in [0.25, 0.3) is 0 Å². The molecule has 0 saturated heterocycles. The Morgan fingerprint density at radius 2 is 1.60 bits per heavy atom. The van der Waals surface area contributed by atoms with Gasteiger partial charge in [-0.1, -0.05) is 39.5 Å². The molecule has 0 atom stereocenters. The highest BCUT2D eigenvalue weighted by Gasteiger charge is 2.19. The van der Waals surface area contributed by atoms with Crippen LogP contribution in [0.4, 0.5) is 0 Å². The van der Waals surface area contributed by atoms with Gasteiger partial charge in [-0.25, -0.2) is 4.79 Å². The van der Waals surface area contributed by atoms with Gasteiger partial charge in [-0.3, -0.25) is 4.89 Å². The van der Waals surface area contributed by atoms with Crippen molar-refractivity contribution in [3.63, 3.8) is 0 Å². The summed E-state index contributed by atoms with van der Waals surface area (Å²) in [6.07, 6.45) is 6.23. The van der Waals surface area contributed by atoms with E-state index in [9.17, 15) is 4.79 Å². The van der Waals surface area contributed by atoms with Crippen LogP contribution >= 0.6 is 0 Å². The quantitative estimate of drug-likeness (QED) is 0.437. The third-order valence-electron chi connectivity index (χ3n) is 2.40. The predicted molar refractivity (Wildman–Crippen MR) is 60.3 cm³/mol. The standard InChI is InChI=1S/C12H24O3/c1-4-7-9-11(10-8-5-2)12(13)15-14-6-3/h11H,4-10H2,1-3H3. The summed E-state index contributed by atoms with van der Waals surface area (Å²) in [5.41, 5.74) is 0. The second kappa shape index (κ2) is 9.97. The smallest absolute Gasteiger partial charge is 0.298 e. The second-order valence-electron chi connectivity index (χ2n) is 3.79. The van der Waals surface area contributed by atoms with Crippen molar-refractivity contribution in [2.24, 2.45) is 5.92 Å². The van der Waals surface area contributed by atoms with Crippen molar-refractivity contribution in [1.82, 2.24) is 0 Å². The van der Waals surface area contributed by atoms with Gasteiger partial charge < -0.3 is 0 Å². The molecule has 0 heterocycles. The van der Waals surface area contributed by atoms with E-state index in [4.69, 9.17) is 4.89 Å². The van der Waals surface area contributed by atoms with Gasteiger partial charge >= 0.3 is 5.97 Å². The molecule has 0 aromatic heterocycles. The molecule has 0 spiro atoms. The number of carbonyl (C=O) groups is 1. The summed E-state index contributed by atoms with van der Waals surface area (Å²) in [6.45, 7) is 6.48. The number of carbonyl (C=O) groups excluding carboxylic acids is 1. The van der Waals surface area contributed by atoms with Crippen molar-refractivity contribution in [3.8, 4) is 0 Å². The average molecular weight is 216 g/mol. The maximum atomic E-state index is 11.6. The van der Waals surface area contributed by atoms with Gasteiger partial charge in [0.05, 0.1) is 12.5 Å². The number of unbranched alkanes of at least 4 members (excludes halogenated alkanes) is 2. The van der Waals surface area contributed by atoms with Crippen molar-refractivity contribution >= 4 is 5.97 Å². The van der Waals surface area contributed by atoms with Crippen LogP contribution in [0.1, 0.15) is 59.3 Å². The van der Waals surface area contributed by atoms with Crippen LogP contribution in [0.15, 0.2) is 0 Å². The molecule has 0 aliphatic carbocycles. The molecular weight excluding hydrogens is 192 g/mol.